The van der Waals surface area contributed by atoms with Crippen molar-refractivity contribution in [1.82, 2.24) is 0 Å². The van der Waals surface area contributed by atoms with Crippen molar-refractivity contribution in [3.8, 4) is 16.9 Å². The summed E-state index contributed by atoms with van der Waals surface area (Å²) in [5, 5.41) is 2.89. The highest BCUT2D eigenvalue weighted by Crippen LogP contribution is 2.42. The lowest BCUT2D eigenvalue weighted by Gasteiger charge is -2.46. The Morgan fingerprint density at radius 2 is 0.671 bits per heavy atom. The third kappa shape index (κ3) is 15.9. The van der Waals surface area contributed by atoms with Crippen LogP contribution in [0.4, 0.5) is 105 Å². The standard InChI is InChI=1S/C32H12BF24.C24H21O3S/c34-25(35,36)13-1-14(26(37,38)39)6-21(5-13)33(22-7-15(27(40,41)42)2-16(8-22)28(43,44)45,23-9-17(29(46,47)48)3-18(10-23)30(49,50)51)24-11-19(31(52,53)54)4-20(12-24)32(55,56)57;1-2-27-22-15-13-21(14-16-22)24(25)19-28(26,23-11-7-4-8-12-23)18-17-20-9-5-3-6-10-20/h1-12H;3-16H,2,19H2,1H3/q-1;+1. The fourth-order valence-corrected chi connectivity index (χ4v) is 10.5. The molecule has 0 N–H and O–H groups in total. The van der Waals surface area contributed by atoms with Crippen molar-refractivity contribution in [2.45, 2.75) is 61.2 Å². The van der Waals surface area contributed by atoms with E-state index in [0.717, 1.165) is 5.56 Å². The number of alkyl halides is 24. The fraction of sp³-hybridized carbons (Fsp3) is 0.196. The van der Waals surface area contributed by atoms with Gasteiger partial charge in [0.15, 0.2) is 15.9 Å². The molecule has 0 amide bonds. The summed E-state index contributed by atoms with van der Waals surface area (Å²) >= 11 is 0. The molecule has 452 valence electrons. The van der Waals surface area contributed by atoms with Crippen molar-refractivity contribution in [3.05, 3.63) is 213 Å². The summed E-state index contributed by atoms with van der Waals surface area (Å²) < 4.78 is 360. The second-order valence-electron chi connectivity index (χ2n) is 18.3. The zero-order valence-electron chi connectivity index (χ0n) is 42.2. The molecule has 0 aromatic heterocycles. The van der Waals surface area contributed by atoms with E-state index in [0.29, 0.717) is 22.8 Å². The largest absolute Gasteiger partial charge is 0.494 e. The van der Waals surface area contributed by atoms with E-state index in [1.54, 1.807) is 48.5 Å². The number of carbonyl (C=O) groups is 1. The molecule has 1 unspecified atom stereocenters. The molecule has 0 fully saturated rings. The summed E-state index contributed by atoms with van der Waals surface area (Å²) in [6.07, 6.45) is -54.8. The second kappa shape index (κ2) is 23.9. The zero-order valence-corrected chi connectivity index (χ0v) is 43.0. The zero-order chi connectivity index (χ0) is 63.7. The molecule has 0 bridgehead atoms. The molecule has 3 nitrogen and oxygen atoms in total. The fourth-order valence-electron chi connectivity index (χ4n) is 8.72. The minimum Gasteiger partial charge on any atom is -0.494 e. The smallest absolute Gasteiger partial charge is 0.416 e. The van der Waals surface area contributed by atoms with Crippen molar-refractivity contribution in [3.63, 3.8) is 0 Å². The van der Waals surface area contributed by atoms with E-state index in [9.17, 15) is 114 Å². The van der Waals surface area contributed by atoms with Crippen LogP contribution in [-0.2, 0) is 63.6 Å². The minimum absolute atomic E-state index is 0.162. The SMILES string of the molecule is CCOc1ccc(C(=O)C[S+](=O)(C#Cc2ccccc2)c2ccccc2)cc1.FC(F)(F)c1cc([B-](c2cc(C(F)(F)F)cc(C(F)(F)F)c2)(c2cc(C(F)(F)F)cc(C(F)(F)F)c2)c2cc(C(F)(F)F)cc(C(F)(F)F)c2)cc(C(F)(F)F)c1. The predicted molar refractivity (Wildman–Crippen MR) is 263 cm³/mol. The van der Waals surface area contributed by atoms with Gasteiger partial charge in [-0.05, 0) is 85.6 Å². The third-order valence-electron chi connectivity index (χ3n) is 12.5. The number of hydrogen-bond donors (Lipinski definition) is 0. The van der Waals surface area contributed by atoms with Crippen LogP contribution in [0.1, 0.15) is 67.4 Å². The van der Waals surface area contributed by atoms with E-state index < -0.39 is 205 Å². The molecular weight excluding hydrogens is 1220 g/mol. The molecule has 0 radical (unpaired) electrons. The van der Waals surface area contributed by atoms with Crippen molar-refractivity contribution in [2.24, 2.45) is 0 Å². The summed E-state index contributed by atoms with van der Waals surface area (Å²) in [6, 6.07) is 16.4. The topological polar surface area (TPSA) is 43.4 Å². The number of rotatable bonds is 10. The number of benzene rings is 7. The van der Waals surface area contributed by atoms with Crippen molar-refractivity contribution < 1.29 is 119 Å². The van der Waals surface area contributed by atoms with Crippen LogP contribution in [0, 0.1) is 11.2 Å². The lowest BCUT2D eigenvalue weighted by Crippen LogP contribution is -2.75. The quantitative estimate of drug-likeness (QED) is 0.0451. The summed E-state index contributed by atoms with van der Waals surface area (Å²) in [5.74, 6) is 3.30. The van der Waals surface area contributed by atoms with Crippen molar-refractivity contribution >= 4 is 43.7 Å². The maximum Gasteiger partial charge on any atom is 0.416 e. The van der Waals surface area contributed by atoms with Gasteiger partial charge in [0.05, 0.1) is 51.1 Å². The molecule has 7 aromatic rings. The first-order valence-electron chi connectivity index (χ1n) is 23.6. The Labute approximate surface area is 465 Å². The van der Waals surface area contributed by atoms with Crippen LogP contribution in [0.5, 0.6) is 5.75 Å². The Bertz CT molecular complexity index is 3200. The van der Waals surface area contributed by atoms with E-state index >= 15 is 0 Å². The van der Waals surface area contributed by atoms with E-state index in [1.165, 1.54) is 0 Å². The second-order valence-corrected chi connectivity index (χ2v) is 20.6. The van der Waals surface area contributed by atoms with Gasteiger partial charge in [-0.3, -0.25) is 4.79 Å². The molecule has 7 aromatic carbocycles. The van der Waals surface area contributed by atoms with E-state index in [4.69, 9.17) is 4.74 Å². The molecule has 0 spiro atoms. The molecule has 1 atom stereocenters. The first kappa shape index (κ1) is 66.2. The Balaban J connectivity index is 0.000000343. The van der Waals surface area contributed by atoms with E-state index in [1.807, 2.05) is 43.3 Å². The number of Topliss-reactive ketones (excluding diaryl/α,β-unsaturated/α-hetero) is 1. The maximum absolute atomic E-state index is 14.2. The summed E-state index contributed by atoms with van der Waals surface area (Å²) in [5.41, 5.74) is -28.9. The number of halogens is 24. The number of ether oxygens (including phenoxy) is 1. The molecule has 7 rings (SSSR count). The van der Waals surface area contributed by atoms with Gasteiger partial charge in [0, 0.05) is 11.1 Å². The number of hydrogen-bond acceptors (Lipinski definition) is 3. The van der Waals surface area contributed by atoms with E-state index in [2.05, 4.69) is 11.2 Å². The highest BCUT2D eigenvalue weighted by atomic mass is 32.2. The number of carbonyl (C=O) groups excluding carboxylic acids is 1. The normalized spacial score (nSPS) is 13.7. The third-order valence-corrected chi connectivity index (χ3v) is 14.7. The van der Waals surface area contributed by atoms with Gasteiger partial charge in [-0.25, -0.2) is 0 Å². The van der Waals surface area contributed by atoms with Crippen LogP contribution in [0.3, 0.4) is 0 Å². The summed E-state index contributed by atoms with van der Waals surface area (Å²) in [7, 11) is -2.88. The van der Waals surface area contributed by atoms with Crippen LogP contribution < -0.4 is 26.6 Å². The van der Waals surface area contributed by atoms with Crippen LogP contribution >= 0.6 is 0 Å². The first-order chi connectivity index (χ1) is 38.9. The maximum atomic E-state index is 14.2. The molecule has 0 aliphatic carbocycles. The minimum atomic E-state index is -6.13. The van der Waals surface area contributed by atoms with Gasteiger partial charge < -0.3 is 4.74 Å². The van der Waals surface area contributed by atoms with Crippen molar-refractivity contribution in [1.29, 1.82) is 0 Å². The van der Waals surface area contributed by atoms with Gasteiger partial charge in [0.25, 0.3) is 0 Å². The molecule has 0 saturated carbocycles. The monoisotopic (exact) mass is 1250 g/mol. The molecule has 29 heteroatoms. The van der Waals surface area contributed by atoms with Crippen LogP contribution in [0.25, 0.3) is 0 Å². The summed E-state index contributed by atoms with van der Waals surface area (Å²) in [4.78, 5) is 13.4. The highest BCUT2D eigenvalue weighted by molar-refractivity contribution is 8.07. The average Bonchev–Trinajstić information content (AvgIpc) is 0.881. The van der Waals surface area contributed by atoms with Gasteiger partial charge in [-0.1, -0.05) is 89.1 Å². The predicted octanol–water partition coefficient (Wildman–Crippen LogP) is 16.1. The van der Waals surface area contributed by atoms with Gasteiger partial charge in [-0.2, -0.15) is 127 Å². The molecular formula is C56H33BF24O3S. The highest BCUT2D eigenvalue weighted by Gasteiger charge is 2.47. The lowest BCUT2D eigenvalue weighted by molar-refractivity contribution is -0.144. The first-order valence-corrected chi connectivity index (χ1v) is 25.4. The molecule has 0 saturated heterocycles. The Kier molecular flexibility index (Phi) is 18.6. The van der Waals surface area contributed by atoms with Crippen molar-refractivity contribution in [2.75, 3.05) is 12.4 Å². The molecule has 85 heavy (non-hydrogen) atoms. The van der Waals surface area contributed by atoms with Crippen LogP contribution in [0.2, 0.25) is 0 Å². The Hall–Kier alpha value is -7.90. The van der Waals surface area contributed by atoms with Crippen LogP contribution in [-0.4, -0.2) is 24.3 Å². The average molecular weight is 1250 g/mol. The molecule has 0 aliphatic heterocycles. The molecule has 0 heterocycles. The van der Waals surface area contributed by atoms with Gasteiger partial charge in [0.1, 0.15) is 11.9 Å². The Morgan fingerprint density at radius 1 is 0.400 bits per heavy atom. The van der Waals surface area contributed by atoms with E-state index in [-0.39, 0.29) is 11.5 Å². The van der Waals surface area contributed by atoms with Gasteiger partial charge >= 0.3 is 49.4 Å². The van der Waals surface area contributed by atoms with Crippen LogP contribution in [0.15, 0.2) is 163 Å². The Morgan fingerprint density at radius 3 is 0.929 bits per heavy atom. The number of ketones is 1. The summed E-state index contributed by atoms with van der Waals surface area (Å²) in [6.45, 7) is 2.46. The lowest BCUT2D eigenvalue weighted by atomic mass is 9.12. The molecule has 0 aliphatic rings. The van der Waals surface area contributed by atoms with Gasteiger partial charge in [-0.15, -0.1) is 0 Å². The van der Waals surface area contributed by atoms with Gasteiger partial charge in [0.2, 0.25) is 15.7 Å².